The number of rotatable bonds is 0. The van der Waals surface area contributed by atoms with Crippen LogP contribution in [0.1, 0.15) is 97.6 Å². The Labute approximate surface area is 264 Å². The topological polar surface area (TPSA) is 56.6 Å². The molecular formula is C38H53N3O3. The van der Waals surface area contributed by atoms with Crippen LogP contribution in [0.25, 0.3) is 10.9 Å². The summed E-state index contributed by atoms with van der Waals surface area (Å²) in [7, 11) is 0. The number of fused-ring (bicyclic) bond motifs is 2. The van der Waals surface area contributed by atoms with Crippen molar-refractivity contribution in [2.24, 2.45) is 17.3 Å². The Morgan fingerprint density at radius 2 is 1.61 bits per heavy atom. The summed E-state index contributed by atoms with van der Waals surface area (Å²) in [6.45, 7) is 18.8. The molecule has 1 aromatic heterocycles. The standard InChI is InChI=1S/C38H53N3O3/c1-26-31-18-28(19-31)22-37(4,5)43-24-36(2,3)21-27-8-10-29(11-9-27)30-14-16-40(17-15-30)32-12-13-33-34(20-32)39-25-41(35(33)42)23-38(6,7)44-26/h8-13,20,25-26,28,30-31H,14-19,21-24H2,1-7H3. The van der Waals surface area contributed by atoms with Gasteiger partial charge in [0, 0.05) is 18.8 Å². The van der Waals surface area contributed by atoms with Gasteiger partial charge >= 0.3 is 0 Å². The molecule has 0 spiro atoms. The Kier molecular flexibility index (Phi) is 8.47. The Morgan fingerprint density at radius 3 is 2.32 bits per heavy atom. The van der Waals surface area contributed by atoms with Crippen LogP contribution in [0.4, 0.5) is 5.69 Å². The number of hydrogen-bond acceptors (Lipinski definition) is 5. The molecule has 9 heterocycles. The number of aromatic nitrogens is 2. The van der Waals surface area contributed by atoms with Gasteiger partial charge in [0.1, 0.15) is 0 Å². The minimum absolute atomic E-state index is 0.000455. The van der Waals surface area contributed by atoms with Crippen LogP contribution in [0, 0.1) is 17.3 Å². The number of piperidine rings is 1. The lowest BCUT2D eigenvalue weighted by atomic mass is 9.68. The molecule has 44 heavy (non-hydrogen) atoms. The minimum atomic E-state index is -0.481. The van der Waals surface area contributed by atoms with Gasteiger partial charge in [0.2, 0.25) is 0 Å². The lowest BCUT2D eigenvalue weighted by Gasteiger charge is -2.44. The molecule has 2 fully saturated rings. The van der Waals surface area contributed by atoms with Crippen molar-refractivity contribution < 1.29 is 9.47 Å². The molecule has 1 saturated heterocycles. The normalized spacial score (nSPS) is 27.5. The Balaban J connectivity index is 1.24. The van der Waals surface area contributed by atoms with Crippen LogP contribution in [0.5, 0.6) is 0 Å². The molecule has 238 valence electrons. The van der Waals surface area contributed by atoms with E-state index in [0.29, 0.717) is 29.7 Å². The quantitative estimate of drug-likeness (QED) is 0.264. The maximum Gasteiger partial charge on any atom is 0.261 e. The molecular weight excluding hydrogens is 546 g/mol. The molecule has 10 bridgehead atoms. The van der Waals surface area contributed by atoms with Crippen LogP contribution >= 0.6 is 0 Å². The SMILES string of the molecule is CC1OC(C)(C)Cn2cnc3cc(ccc3c2=O)N2CCC(CC2)c2ccc(cc2)CC(C)(C)COC(C)(C)CC2CC1C2. The lowest BCUT2D eigenvalue weighted by Crippen LogP contribution is -2.44. The molecule has 1 unspecified atom stereocenters. The van der Waals surface area contributed by atoms with Crippen LogP contribution in [-0.2, 0) is 22.4 Å². The zero-order chi connectivity index (χ0) is 31.3. The molecule has 0 N–H and O–H groups in total. The number of hydrogen-bond donors (Lipinski definition) is 0. The van der Waals surface area contributed by atoms with Gasteiger partial charge in [0.25, 0.3) is 5.56 Å². The van der Waals surface area contributed by atoms with Gasteiger partial charge in [-0.25, -0.2) is 4.98 Å². The van der Waals surface area contributed by atoms with Crippen molar-refractivity contribution in [1.29, 1.82) is 0 Å². The summed E-state index contributed by atoms with van der Waals surface area (Å²) in [6.07, 6.45) is 8.49. The molecule has 12 rings (SSSR count). The summed E-state index contributed by atoms with van der Waals surface area (Å²) in [5, 5.41) is 0.669. The van der Waals surface area contributed by atoms with Gasteiger partial charge < -0.3 is 14.4 Å². The number of anilines is 1. The van der Waals surface area contributed by atoms with Gasteiger partial charge in [0.15, 0.2) is 0 Å². The first-order valence-electron chi connectivity index (χ1n) is 16.9. The van der Waals surface area contributed by atoms with E-state index >= 15 is 0 Å². The second-order valence-electron chi connectivity index (χ2n) is 16.2. The van der Waals surface area contributed by atoms with Crippen molar-refractivity contribution in [3.8, 4) is 0 Å². The Hall–Kier alpha value is -2.70. The molecule has 6 nitrogen and oxygen atoms in total. The smallest absolute Gasteiger partial charge is 0.261 e. The Bertz CT molecular complexity index is 1510. The average molecular weight is 600 g/mol. The minimum Gasteiger partial charge on any atom is -0.375 e. The van der Waals surface area contributed by atoms with E-state index in [1.807, 2.05) is 6.07 Å². The molecule has 1 atom stereocenters. The first-order chi connectivity index (χ1) is 20.8. The van der Waals surface area contributed by atoms with Gasteiger partial charge in [0.05, 0.1) is 47.7 Å². The monoisotopic (exact) mass is 599 g/mol. The van der Waals surface area contributed by atoms with Gasteiger partial charge in [-0.15, -0.1) is 0 Å². The molecule has 9 aliphatic rings. The zero-order valence-corrected chi connectivity index (χ0v) is 28.1. The van der Waals surface area contributed by atoms with Crippen LogP contribution < -0.4 is 10.5 Å². The highest BCUT2D eigenvalue weighted by Crippen LogP contribution is 2.43. The number of benzene rings is 2. The van der Waals surface area contributed by atoms with Crippen molar-refractivity contribution in [1.82, 2.24) is 9.55 Å². The summed E-state index contributed by atoms with van der Waals surface area (Å²) in [5.74, 6) is 1.77. The number of ether oxygens (including phenoxy) is 2. The van der Waals surface area contributed by atoms with E-state index < -0.39 is 5.60 Å². The van der Waals surface area contributed by atoms with Gasteiger partial charge in [-0.2, -0.15) is 0 Å². The van der Waals surface area contributed by atoms with Gasteiger partial charge in [-0.05, 0) is 126 Å². The third kappa shape index (κ3) is 7.07. The van der Waals surface area contributed by atoms with Crippen LogP contribution in [0.2, 0.25) is 0 Å². The summed E-state index contributed by atoms with van der Waals surface area (Å²) in [4.78, 5) is 20.7. The lowest BCUT2D eigenvalue weighted by molar-refractivity contribution is -0.127. The van der Waals surface area contributed by atoms with Crippen molar-refractivity contribution in [3.05, 3.63) is 70.3 Å². The highest BCUT2D eigenvalue weighted by Gasteiger charge is 2.39. The van der Waals surface area contributed by atoms with E-state index in [-0.39, 0.29) is 22.7 Å². The van der Waals surface area contributed by atoms with E-state index in [1.54, 1.807) is 10.9 Å². The fourth-order valence-corrected chi connectivity index (χ4v) is 7.97. The molecule has 3 aromatic rings. The van der Waals surface area contributed by atoms with Crippen molar-refractivity contribution in [3.63, 3.8) is 0 Å². The molecule has 6 heteroatoms. The van der Waals surface area contributed by atoms with E-state index in [4.69, 9.17) is 14.5 Å². The predicted octanol–water partition coefficient (Wildman–Crippen LogP) is 7.76. The van der Waals surface area contributed by atoms with Gasteiger partial charge in [-0.3, -0.25) is 9.36 Å². The number of nitrogens with zero attached hydrogens (tertiary/aromatic N) is 3. The highest BCUT2D eigenvalue weighted by atomic mass is 16.5. The average Bonchev–Trinajstić information content (AvgIpc) is 2.95. The van der Waals surface area contributed by atoms with E-state index in [1.165, 1.54) is 11.1 Å². The first kappa shape index (κ1) is 31.3. The van der Waals surface area contributed by atoms with Crippen molar-refractivity contribution in [2.75, 3.05) is 24.6 Å². The molecule has 1 aliphatic carbocycles. The van der Waals surface area contributed by atoms with Crippen molar-refractivity contribution in [2.45, 2.75) is 117 Å². The first-order valence-corrected chi connectivity index (χ1v) is 16.9. The maximum atomic E-state index is 13.5. The molecule has 2 aromatic carbocycles. The van der Waals surface area contributed by atoms with E-state index in [9.17, 15) is 4.79 Å². The molecule has 8 aliphatic heterocycles. The zero-order valence-electron chi connectivity index (χ0n) is 28.1. The summed E-state index contributed by atoms with van der Waals surface area (Å²) in [6, 6.07) is 15.5. The maximum absolute atomic E-state index is 13.5. The van der Waals surface area contributed by atoms with Gasteiger partial charge in [-0.1, -0.05) is 38.1 Å². The summed E-state index contributed by atoms with van der Waals surface area (Å²) < 4.78 is 15.0. The molecule has 0 amide bonds. The third-order valence-corrected chi connectivity index (χ3v) is 10.4. The highest BCUT2D eigenvalue weighted by molar-refractivity contribution is 5.81. The molecule has 1 saturated carbocycles. The summed E-state index contributed by atoms with van der Waals surface area (Å²) >= 11 is 0. The largest absolute Gasteiger partial charge is 0.375 e. The van der Waals surface area contributed by atoms with Crippen LogP contribution in [0.3, 0.4) is 0 Å². The Morgan fingerprint density at radius 1 is 0.909 bits per heavy atom. The second kappa shape index (κ2) is 11.9. The molecule has 0 radical (unpaired) electrons. The van der Waals surface area contributed by atoms with E-state index in [2.05, 4.69) is 89.8 Å². The second-order valence-corrected chi connectivity index (χ2v) is 16.2. The van der Waals surface area contributed by atoms with Crippen molar-refractivity contribution >= 4 is 16.6 Å². The fraction of sp³-hybridized carbons (Fsp3) is 0.632. The summed E-state index contributed by atoms with van der Waals surface area (Å²) in [5.41, 5.74) is 4.19. The van der Waals surface area contributed by atoms with E-state index in [0.717, 1.165) is 69.4 Å². The van der Waals surface area contributed by atoms with Crippen LogP contribution in [0.15, 0.2) is 53.6 Å². The van der Waals surface area contributed by atoms with Crippen LogP contribution in [-0.4, -0.2) is 46.6 Å². The third-order valence-electron chi connectivity index (χ3n) is 10.4. The predicted molar refractivity (Wildman–Crippen MR) is 180 cm³/mol. The fourth-order valence-electron chi connectivity index (χ4n) is 7.97.